The number of hydrogen-bond donors (Lipinski definition) is 0. The van der Waals surface area contributed by atoms with Crippen molar-refractivity contribution >= 4 is 34.8 Å². The van der Waals surface area contributed by atoms with Crippen LogP contribution < -0.4 is 4.90 Å². The fourth-order valence-electron chi connectivity index (χ4n) is 3.14. The molecule has 126 valence electrons. The predicted molar refractivity (Wildman–Crippen MR) is 100 cm³/mol. The normalized spacial score (nSPS) is 13.2. The molecule has 0 atom stereocenters. The van der Waals surface area contributed by atoms with E-state index in [-0.39, 0.29) is 5.91 Å². The van der Waals surface area contributed by atoms with Crippen LogP contribution >= 0.6 is 23.2 Å². The topological polar surface area (TPSA) is 38.1 Å². The molecule has 4 nitrogen and oxygen atoms in total. The van der Waals surface area contributed by atoms with Gasteiger partial charge in [-0.05, 0) is 49.2 Å². The number of benzene rings is 2. The van der Waals surface area contributed by atoms with Gasteiger partial charge in [-0.2, -0.15) is 5.10 Å². The molecule has 2 aromatic carbocycles. The highest BCUT2D eigenvalue weighted by Crippen LogP contribution is 2.29. The van der Waals surface area contributed by atoms with Gasteiger partial charge in [0, 0.05) is 17.9 Å². The van der Waals surface area contributed by atoms with Gasteiger partial charge in [-0.1, -0.05) is 41.4 Å². The van der Waals surface area contributed by atoms with Gasteiger partial charge < -0.3 is 4.90 Å². The fraction of sp³-hybridized carbons (Fsp3) is 0.158. The van der Waals surface area contributed by atoms with E-state index in [2.05, 4.69) is 11.2 Å². The zero-order valence-electron chi connectivity index (χ0n) is 13.5. The van der Waals surface area contributed by atoms with Gasteiger partial charge in [0.1, 0.15) is 0 Å². The van der Waals surface area contributed by atoms with Crippen LogP contribution in [-0.2, 0) is 6.42 Å². The van der Waals surface area contributed by atoms with Gasteiger partial charge >= 0.3 is 0 Å². The largest absolute Gasteiger partial charge is 0.306 e. The molecular formula is C19H15Cl2N3O. The zero-order chi connectivity index (χ0) is 17.6. The Morgan fingerprint density at radius 1 is 1.08 bits per heavy atom. The number of amides is 1. The van der Waals surface area contributed by atoms with E-state index < -0.39 is 0 Å². The van der Waals surface area contributed by atoms with Crippen LogP contribution in [0.1, 0.15) is 21.7 Å². The van der Waals surface area contributed by atoms with Crippen LogP contribution in [0, 0.1) is 6.92 Å². The third kappa shape index (κ3) is 2.81. The second-order valence-corrected chi connectivity index (χ2v) is 6.83. The summed E-state index contributed by atoms with van der Waals surface area (Å²) in [5, 5.41) is 5.43. The first-order chi connectivity index (χ1) is 12.0. The van der Waals surface area contributed by atoms with Crippen LogP contribution in [0.25, 0.3) is 5.69 Å². The summed E-state index contributed by atoms with van der Waals surface area (Å²) in [6.45, 7) is 2.58. The fourth-order valence-corrected chi connectivity index (χ4v) is 3.44. The lowest BCUT2D eigenvalue weighted by Gasteiger charge is -2.15. The first-order valence-electron chi connectivity index (χ1n) is 7.96. The lowest BCUT2D eigenvalue weighted by molar-refractivity contribution is 0.0984. The lowest BCUT2D eigenvalue weighted by Crippen LogP contribution is -2.29. The number of anilines is 1. The minimum atomic E-state index is -0.0909. The maximum Gasteiger partial charge on any atom is 0.278 e. The van der Waals surface area contributed by atoms with Gasteiger partial charge in [-0.25, -0.2) is 4.68 Å². The number of halogens is 2. The van der Waals surface area contributed by atoms with Crippen LogP contribution in [0.4, 0.5) is 5.69 Å². The van der Waals surface area contributed by atoms with E-state index in [4.69, 9.17) is 23.2 Å². The molecule has 3 aromatic rings. The van der Waals surface area contributed by atoms with E-state index in [1.54, 1.807) is 27.8 Å². The Hall–Kier alpha value is -2.30. The van der Waals surface area contributed by atoms with Crippen molar-refractivity contribution in [1.29, 1.82) is 0 Å². The summed E-state index contributed by atoms with van der Waals surface area (Å²) >= 11 is 12.1. The Labute approximate surface area is 155 Å². The molecule has 0 unspecified atom stereocenters. The minimum absolute atomic E-state index is 0.0909. The van der Waals surface area contributed by atoms with Crippen molar-refractivity contribution in [3.63, 3.8) is 0 Å². The molecule has 4 rings (SSSR count). The van der Waals surface area contributed by atoms with Gasteiger partial charge in [-0.3, -0.25) is 4.79 Å². The Kier molecular flexibility index (Phi) is 4.02. The first-order valence-corrected chi connectivity index (χ1v) is 8.72. The molecule has 1 aliphatic rings. The first kappa shape index (κ1) is 16.2. The van der Waals surface area contributed by atoms with Crippen molar-refractivity contribution in [3.8, 4) is 5.69 Å². The lowest BCUT2D eigenvalue weighted by atomic mass is 10.2. The molecule has 1 amide bonds. The summed E-state index contributed by atoms with van der Waals surface area (Å²) in [4.78, 5) is 14.7. The standard InChI is InChI=1S/C19H15Cl2N3O/c1-12-10-17(22-24(12)14-6-7-15(20)16(21)11-14)19(25)23-9-8-13-4-2-3-5-18(13)23/h2-7,10-11H,8-9H2,1H3. The van der Waals surface area contributed by atoms with E-state index in [1.165, 1.54) is 5.56 Å². The molecule has 0 aliphatic carbocycles. The number of fused-ring (bicyclic) bond motifs is 1. The Morgan fingerprint density at radius 2 is 1.88 bits per heavy atom. The summed E-state index contributed by atoms with van der Waals surface area (Å²) in [5.41, 5.74) is 4.20. The monoisotopic (exact) mass is 371 g/mol. The average molecular weight is 372 g/mol. The highest BCUT2D eigenvalue weighted by Gasteiger charge is 2.27. The molecule has 1 aliphatic heterocycles. The van der Waals surface area contributed by atoms with Crippen LogP contribution in [0.2, 0.25) is 10.0 Å². The van der Waals surface area contributed by atoms with Crippen molar-refractivity contribution < 1.29 is 4.79 Å². The smallest absolute Gasteiger partial charge is 0.278 e. The molecule has 0 bridgehead atoms. The van der Waals surface area contributed by atoms with E-state index in [1.807, 2.05) is 31.2 Å². The molecule has 1 aromatic heterocycles. The molecule has 0 N–H and O–H groups in total. The quantitative estimate of drug-likeness (QED) is 0.655. The van der Waals surface area contributed by atoms with E-state index in [9.17, 15) is 4.79 Å². The predicted octanol–water partition coefficient (Wildman–Crippen LogP) is 4.69. The Balaban J connectivity index is 1.69. The number of carbonyl (C=O) groups is 1. The molecule has 25 heavy (non-hydrogen) atoms. The Bertz CT molecular complexity index is 981. The van der Waals surface area contributed by atoms with Crippen LogP contribution in [0.3, 0.4) is 0 Å². The molecule has 0 saturated heterocycles. The summed E-state index contributed by atoms with van der Waals surface area (Å²) in [7, 11) is 0. The average Bonchev–Trinajstić information content (AvgIpc) is 3.20. The van der Waals surface area contributed by atoms with Crippen molar-refractivity contribution in [2.45, 2.75) is 13.3 Å². The van der Waals surface area contributed by atoms with Gasteiger partial charge in [0.25, 0.3) is 5.91 Å². The molecule has 0 radical (unpaired) electrons. The van der Waals surface area contributed by atoms with Crippen molar-refractivity contribution in [3.05, 3.63) is 75.5 Å². The van der Waals surface area contributed by atoms with E-state index >= 15 is 0 Å². The van der Waals surface area contributed by atoms with E-state index in [0.29, 0.717) is 22.3 Å². The van der Waals surface area contributed by atoms with Crippen molar-refractivity contribution in [1.82, 2.24) is 9.78 Å². The summed E-state index contributed by atoms with van der Waals surface area (Å²) in [5.74, 6) is -0.0909. The van der Waals surface area contributed by atoms with Gasteiger partial charge in [0.05, 0.1) is 15.7 Å². The second-order valence-electron chi connectivity index (χ2n) is 6.02. The Morgan fingerprint density at radius 3 is 2.68 bits per heavy atom. The van der Waals surface area contributed by atoms with Crippen molar-refractivity contribution in [2.24, 2.45) is 0 Å². The maximum absolute atomic E-state index is 12.9. The van der Waals surface area contributed by atoms with Gasteiger partial charge in [0.2, 0.25) is 0 Å². The minimum Gasteiger partial charge on any atom is -0.306 e. The number of rotatable bonds is 2. The highest BCUT2D eigenvalue weighted by molar-refractivity contribution is 6.42. The van der Waals surface area contributed by atoms with Gasteiger partial charge in [-0.15, -0.1) is 0 Å². The molecule has 2 heterocycles. The highest BCUT2D eigenvalue weighted by atomic mass is 35.5. The van der Waals surface area contributed by atoms with E-state index in [0.717, 1.165) is 23.5 Å². The summed E-state index contributed by atoms with van der Waals surface area (Å²) < 4.78 is 1.71. The molecule has 6 heteroatoms. The third-order valence-corrected chi connectivity index (χ3v) is 5.13. The SMILES string of the molecule is Cc1cc(C(=O)N2CCc3ccccc32)nn1-c1ccc(Cl)c(Cl)c1. The molecular weight excluding hydrogens is 357 g/mol. The third-order valence-electron chi connectivity index (χ3n) is 4.39. The maximum atomic E-state index is 12.9. The summed E-state index contributed by atoms with van der Waals surface area (Å²) in [6, 6.07) is 15.1. The number of carbonyl (C=O) groups excluding carboxylic acids is 1. The van der Waals surface area contributed by atoms with Crippen LogP contribution in [0.5, 0.6) is 0 Å². The number of aryl methyl sites for hydroxylation is 1. The number of hydrogen-bond acceptors (Lipinski definition) is 2. The second kappa shape index (κ2) is 6.21. The molecule has 0 fully saturated rings. The molecule has 0 saturated carbocycles. The summed E-state index contributed by atoms with van der Waals surface area (Å²) in [6.07, 6.45) is 0.869. The number of para-hydroxylation sites is 1. The zero-order valence-corrected chi connectivity index (χ0v) is 15.1. The molecule has 0 spiro atoms. The van der Waals surface area contributed by atoms with Crippen LogP contribution in [0.15, 0.2) is 48.5 Å². The number of nitrogens with zero attached hydrogens (tertiary/aromatic N) is 3. The van der Waals surface area contributed by atoms with Gasteiger partial charge in [0.15, 0.2) is 5.69 Å². The number of aromatic nitrogens is 2. The van der Waals surface area contributed by atoms with Crippen molar-refractivity contribution in [2.75, 3.05) is 11.4 Å². The van der Waals surface area contributed by atoms with Crippen LogP contribution in [-0.4, -0.2) is 22.2 Å².